The zero-order chi connectivity index (χ0) is 13.8. The summed E-state index contributed by atoms with van der Waals surface area (Å²) in [4.78, 5) is 2.45. The van der Waals surface area contributed by atoms with Crippen molar-refractivity contribution in [3.05, 3.63) is 22.6 Å². The molecule has 1 heterocycles. The van der Waals surface area contributed by atoms with Gasteiger partial charge in [-0.2, -0.15) is 0 Å². The number of nitrogens with one attached hydrogen (secondary N) is 1. The van der Waals surface area contributed by atoms with E-state index < -0.39 is 0 Å². The Morgan fingerprint density at radius 1 is 1.33 bits per heavy atom. The van der Waals surface area contributed by atoms with Crippen molar-refractivity contribution in [2.45, 2.75) is 46.2 Å². The van der Waals surface area contributed by atoms with Crippen LogP contribution in [0.5, 0.6) is 0 Å². The summed E-state index contributed by atoms with van der Waals surface area (Å²) < 4.78 is 6.70. The molecule has 0 bridgehead atoms. The summed E-state index contributed by atoms with van der Waals surface area (Å²) in [6.45, 7) is 14.0. The van der Waals surface area contributed by atoms with E-state index in [1.807, 2.05) is 6.07 Å². The maximum Gasteiger partial charge on any atom is 0.136 e. The molecule has 1 aromatic heterocycles. The van der Waals surface area contributed by atoms with Crippen LogP contribution in [0.3, 0.4) is 0 Å². The molecule has 4 heteroatoms. The molecule has 1 rings (SSSR count). The molecule has 18 heavy (non-hydrogen) atoms. The second-order valence-corrected chi connectivity index (χ2v) is 5.80. The van der Waals surface area contributed by atoms with Crippen molar-refractivity contribution in [3.63, 3.8) is 0 Å². The van der Waals surface area contributed by atoms with Crippen molar-refractivity contribution in [3.8, 4) is 0 Å². The first-order chi connectivity index (χ1) is 8.48. The summed E-state index contributed by atoms with van der Waals surface area (Å²) in [6.07, 6.45) is 1.74. The molecular formula is C14H25BrN2O. The van der Waals surface area contributed by atoms with Gasteiger partial charge in [-0.05, 0) is 55.5 Å². The average molecular weight is 317 g/mol. The van der Waals surface area contributed by atoms with Gasteiger partial charge in [0.25, 0.3) is 0 Å². The molecule has 0 radical (unpaired) electrons. The largest absolute Gasteiger partial charge is 0.466 e. The van der Waals surface area contributed by atoms with E-state index in [1.54, 1.807) is 6.26 Å². The number of furan rings is 1. The van der Waals surface area contributed by atoms with Crippen LogP contribution >= 0.6 is 15.9 Å². The number of hydrogen-bond donors (Lipinski definition) is 1. The highest BCUT2D eigenvalue weighted by molar-refractivity contribution is 9.10. The van der Waals surface area contributed by atoms with Crippen molar-refractivity contribution in [1.82, 2.24) is 10.2 Å². The van der Waals surface area contributed by atoms with E-state index >= 15 is 0 Å². The third kappa shape index (κ3) is 3.16. The lowest BCUT2D eigenvalue weighted by molar-refractivity contribution is 0.0822. The van der Waals surface area contributed by atoms with Crippen LogP contribution in [0.15, 0.2) is 21.2 Å². The molecule has 1 N–H and O–H groups in total. The molecule has 0 aromatic carbocycles. The second kappa shape index (κ2) is 6.73. The second-order valence-electron chi connectivity index (χ2n) is 4.95. The van der Waals surface area contributed by atoms with Gasteiger partial charge in [0, 0.05) is 5.54 Å². The molecule has 0 saturated carbocycles. The first-order valence-corrected chi connectivity index (χ1v) is 7.49. The maximum absolute atomic E-state index is 5.67. The molecule has 0 aliphatic rings. The topological polar surface area (TPSA) is 28.4 Å². The van der Waals surface area contributed by atoms with E-state index in [0.29, 0.717) is 0 Å². The van der Waals surface area contributed by atoms with Gasteiger partial charge in [0.2, 0.25) is 0 Å². The third-order valence-corrected chi connectivity index (χ3v) is 4.26. The Balaban J connectivity index is 3.08. The molecule has 0 fully saturated rings. The highest BCUT2D eigenvalue weighted by Crippen LogP contribution is 2.35. The van der Waals surface area contributed by atoms with Crippen LogP contribution in [0.4, 0.5) is 0 Å². The van der Waals surface area contributed by atoms with Crippen LogP contribution < -0.4 is 5.32 Å². The molecule has 0 spiro atoms. The summed E-state index contributed by atoms with van der Waals surface area (Å²) >= 11 is 3.57. The van der Waals surface area contributed by atoms with Crippen molar-refractivity contribution in [2.24, 2.45) is 0 Å². The Labute approximate surface area is 119 Å². The zero-order valence-corrected chi connectivity index (χ0v) is 13.7. The molecule has 1 unspecified atom stereocenters. The molecule has 0 aliphatic heterocycles. The van der Waals surface area contributed by atoms with Gasteiger partial charge in [-0.1, -0.05) is 20.8 Å². The molecular weight excluding hydrogens is 292 g/mol. The van der Waals surface area contributed by atoms with Crippen LogP contribution in [0.1, 0.15) is 46.4 Å². The van der Waals surface area contributed by atoms with Crippen molar-refractivity contribution in [2.75, 3.05) is 19.6 Å². The van der Waals surface area contributed by atoms with E-state index in [0.717, 1.165) is 29.9 Å². The minimum Gasteiger partial charge on any atom is -0.466 e. The molecule has 1 atom stereocenters. The van der Waals surface area contributed by atoms with Gasteiger partial charge in [0.05, 0.1) is 16.8 Å². The van der Waals surface area contributed by atoms with Crippen LogP contribution in [-0.2, 0) is 0 Å². The highest BCUT2D eigenvalue weighted by Gasteiger charge is 2.37. The van der Waals surface area contributed by atoms with Gasteiger partial charge in [-0.15, -0.1) is 0 Å². The van der Waals surface area contributed by atoms with E-state index in [9.17, 15) is 0 Å². The zero-order valence-electron chi connectivity index (χ0n) is 12.1. The smallest absolute Gasteiger partial charge is 0.136 e. The SMILES string of the molecule is CCNC(c1occc1Br)C(C)(C)N(CC)CC. The maximum atomic E-state index is 5.67. The van der Waals surface area contributed by atoms with Gasteiger partial charge < -0.3 is 9.73 Å². The Morgan fingerprint density at radius 2 is 1.94 bits per heavy atom. The average Bonchev–Trinajstić information content (AvgIpc) is 2.73. The first kappa shape index (κ1) is 15.7. The lowest BCUT2D eigenvalue weighted by Gasteiger charge is -2.43. The molecule has 0 aliphatic carbocycles. The number of nitrogens with zero attached hydrogens (tertiary/aromatic N) is 1. The van der Waals surface area contributed by atoms with Crippen molar-refractivity contribution in [1.29, 1.82) is 0 Å². The van der Waals surface area contributed by atoms with E-state index in [2.05, 4.69) is 60.8 Å². The molecule has 0 saturated heterocycles. The number of halogens is 1. The van der Waals surface area contributed by atoms with Gasteiger partial charge in [-0.3, -0.25) is 4.90 Å². The van der Waals surface area contributed by atoms with Gasteiger partial charge in [0.1, 0.15) is 5.76 Å². The molecule has 3 nitrogen and oxygen atoms in total. The fourth-order valence-corrected chi connectivity index (χ4v) is 3.03. The van der Waals surface area contributed by atoms with Crippen molar-refractivity contribution >= 4 is 15.9 Å². The monoisotopic (exact) mass is 316 g/mol. The van der Waals surface area contributed by atoms with Gasteiger partial charge in [-0.25, -0.2) is 0 Å². The van der Waals surface area contributed by atoms with Crippen molar-refractivity contribution < 1.29 is 4.42 Å². The Morgan fingerprint density at radius 3 is 2.33 bits per heavy atom. The summed E-state index contributed by atoms with van der Waals surface area (Å²) in [6, 6.07) is 2.13. The first-order valence-electron chi connectivity index (χ1n) is 6.70. The fraction of sp³-hybridized carbons (Fsp3) is 0.714. The summed E-state index contributed by atoms with van der Waals surface area (Å²) in [5, 5.41) is 3.55. The minimum atomic E-state index is -0.000116. The lowest BCUT2D eigenvalue weighted by Crippen LogP contribution is -2.52. The number of hydrogen-bond acceptors (Lipinski definition) is 3. The predicted octanol–water partition coefficient (Wildman–Crippen LogP) is 3.81. The van der Waals surface area contributed by atoms with Crippen LogP contribution in [0.2, 0.25) is 0 Å². The normalized spacial score (nSPS) is 14.2. The van der Waals surface area contributed by atoms with Crippen LogP contribution in [0, 0.1) is 0 Å². The Hall–Kier alpha value is -0.320. The van der Waals surface area contributed by atoms with Crippen LogP contribution in [-0.4, -0.2) is 30.1 Å². The van der Waals surface area contributed by atoms with Gasteiger partial charge in [0.15, 0.2) is 0 Å². The summed E-state index contributed by atoms with van der Waals surface area (Å²) in [5.74, 6) is 0.980. The number of likely N-dealkylation sites (N-methyl/N-ethyl adjacent to an activating group) is 2. The van der Waals surface area contributed by atoms with Gasteiger partial charge >= 0.3 is 0 Å². The van der Waals surface area contributed by atoms with E-state index in [4.69, 9.17) is 4.42 Å². The molecule has 0 amide bonds. The van der Waals surface area contributed by atoms with Crippen LogP contribution in [0.25, 0.3) is 0 Å². The molecule has 104 valence electrons. The van der Waals surface area contributed by atoms with E-state index in [-0.39, 0.29) is 11.6 Å². The Kier molecular flexibility index (Phi) is 5.89. The fourth-order valence-electron chi connectivity index (χ4n) is 2.60. The van der Waals surface area contributed by atoms with E-state index in [1.165, 1.54) is 0 Å². The highest BCUT2D eigenvalue weighted by atomic mass is 79.9. The quantitative estimate of drug-likeness (QED) is 0.829. The predicted molar refractivity (Wildman–Crippen MR) is 79.8 cm³/mol. The standard InChI is InChI=1S/C14H25BrN2O/c1-6-16-13(12-11(15)9-10-18-12)14(4,5)17(7-2)8-3/h9-10,13,16H,6-8H2,1-5H3. The third-order valence-electron chi connectivity index (χ3n) is 3.60. The summed E-state index contributed by atoms with van der Waals surface area (Å²) in [7, 11) is 0. The number of rotatable bonds is 7. The summed E-state index contributed by atoms with van der Waals surface area (Å²) in [5.41, 5.74) is -0.000116. The minimum absolute atomic E-state index is 0.000116. The Bertz CT molecular complexity index is 358. The lowest BCUT2D eigenvalue weighted by atomic mass is 9.90. The molecule has 1 aromatic rings.